The number of nitrogens with zero attached hydrogens (tertiary/aromatic N) is 2. The molecular weight excluding hydrogens is 188 g/mol. The molecule has 1 N–H and O–H groups in total. The minimum atomic E-state index is -0.0761. The van der Waals surface area contributed by atoms with Gasteiger partial charge in [0.25, 0.3) is 0 Å². The summed E-state index contributed by atoms with van der Waals surface area (Å²) in [5, 5.41) is 14.5. The molecule has 0 aliphatic carbocycles. The van der Waals surface area contributed by atoms with Crippen LogP contribution < -0.4 is 0 Å². The summed E-state index contributed by atoms with van der Waals surface area (Å²) in [5.41, 5.74) is 1.61. The average Bonchev–Trinajstić information content (AvgIpc) is 2.42. The molecule has 1 aromatic heterocycles. The average molecular weight is 210 g/mol. The maximum atomic E-state index is 10.00. The Morgan fingerprint density at radius 2 is 1.93 bits per heavy atom. The Hall–Kier alpha value is -0.990. The molecule has 1 rings (SSSR count). The first-order valence-electron chi connectivity index (χ1n) is 5.58. The van der Waals surface area contributed by atoms with Crippen molar-refractivity contribution in [3.05, 3.63) is 11.4 Å². The van der Waals surface area contributed by atoms with Crippen molar-refractivity contribution in [3.63, 3.8) is 0 Å². The lowest BCUT2D eigenvalue weighted by Crippen LogP contribution is -2.24. The summed E-state index contributed by atoms with van der Waals surface area (Å²) in [4.78, 5) is 0. The largest absolute Gasteiger partial charge is 0.504 e. The van der Waals surface area contributed by atoms with E-state index in [-0.39, 0.29) is 5.54 Å². The fourth-order valence-electron chi connectivity index (χ4n) is 1.69. The lowest BCUT2D eigenvalue weighted by Gasteiger charge is -2.21. The van der Waals surface area contributed by atoms with Crippen LogP contribution in [0.4, 0.5) is 0 Å². The van der Waals surface area contributed by atoms with Crippen LogP contribution in [0.1, 0.15) is 58.3 Å². The Kier molecular flexibility index (Phi) is 3.12. The third-order valence-electron chi connectivity index (χ3n) is 2.83. The van der Waals surface area contributed by atoms with E-state index < -0.39 is 0 Å². The first kappa shape index (κ1) is 12.1. The Bertz CT molecular complexity index is 347. The third-order valence-corrected chi connectivity index (χ3v) is 2.83. The van der Waals surface area contributed by atoms with E-state index >= 15 is 0 Å². The second-order valence-corrected chi connectivity index (χ2v) is 5.21. The van der Waals surface area contributed by atoms with Crippen molar-refractivity contribution in [2.45, 2.75) is 59.4 Å². The summed E-state index contributed by atoms with van der Waals surface area (Å²) in [6.07, 6.45) is 0.994. The molecule has 15 heavy (non-hydrogen) atoms. The van der Waals surface area contributed by atoms with E-state index in [2.05, 4.69) is 39.7 Å². The molecule has 1 aromatic rings. The normalized spacial score (nSPS) is 14.3. The molecule has 0 saturated carbocycles. The fourth-order valence-corrected chi connectivity index (χ4v) is 1.69. The molecule has 1 unspecified atom stereocenters. The quantitative estimate of drug-likeness (QED) is 0.814. The minimum absolute atomic E-state index is 0.0761. The Morgan fingerprint density at radius 3 is 2.27 bits per heavy atom. The number of hydrogen-bond acceptors (Lipinski definition) is 2. The van der Waals surface area contributed by atoms with Crippen LogP contribution in [0.3, 0.4) is 0 Å². The van der Waals surface area contributed by atoms with Crippen LogP contribution in [0.15, 0.2) is 0 Å². The van der Waals surface area contributed by atoms with Gasteiger partial charge >= 0.3 is 0 Å². The van der Waals surface area contributed by atoms with Crippen molar-refractivity contribution < 1.29 is 5.11 Å². The summed E-state index contributed by atoms with van der Waals surface area (Å²) in [5.74, 6) is 0.673. The van der Waals surface area contributed by atoms with Gasteiger partial charge in [-0.05, 0) is 34.1 Å². The second-order valence-electron chi connectivity index (χ2n) is 5.21. The van der Waals surface area contributed by atoms with E-state index in [1.165, 1.54) is 0 Å². The highest BCUT2D eigenvalue weighted by Gasteiger charge is 2.24. The number of rotatable bonds is 2. The van der Waals surface area contributed by atoms with Crippen molar-refractivity contribution in [2.24, 2.45) is 0 Å². The molecule has 0 aromatic carbocycles. The monoisotopic (exact) mass is 210 g/mol. The zero-order chi connectivity index (χ0) is 11.8. The number of aromatic hydroxyl groups is 1. The van der Waals surface area contributed by atoms with Gasteiger partial charge in [0, 0.05) is 5.92 Å². The lowest BCUT2D eigenvalue weighted by molar-refractivity contribution is 0.342. The van der Waals surface area contributed by atoms with E-state index in [0.29, 0.717) is 11.7 Å². The highest BCUT2D eigenvalue weighted by molar-refractivity contribution is 5.34. The lowest BCUT2D eigenvalue weighted by atomic mass is 10.0. The second kappa shape index (κ2) is 3.87. The predicted octanol–water partition coefficient (Wildman–Crippen LogP) is 3.17. The molecule has 0 spiro atoms. The van der Waals surface area contributed by atoms with Gasteiger partial charge in [0.2, 0.25) is 0 Å². The molecule has 3 heteroatoms. The van der Waals surface area contributed by atoms with Gasteiger partial charge in [-0.15, -0.1) is 0 Å². The van der Waals surface area contributed by atoms with Crippen LogP contribution in [0.25, 0.3) is 0 Å². The maximum absolute atomic E-state index is 10.00. The van der Waals surface area contributed by atoms with Gasteiger partial charge in [-0.25, -0.2) is 0 Å². The zero-order valence-electron chi connectivity index (χ0n) is 10.6. The molecule has 1 atom stereocenters. The molecular formula is C12H22N2O. The van der Waals surface area contributed by atoms with Gasteiger partial charge in [0.1, 0.15) is 5.69 Å². The van der Waals surface area contributed by atoms with Gasteiger partial charge < -0.3 is 5.11 Å². The van der Waals surface area contributed by atoms with Gasteiger partial charge in [0.15, 0.2) is 5.75 Å². The van der Waals surface area contributed by atoms with Crippen LogP contribution in [0, 0.1) is 6.92 Å². The minimum Gasteiger partial charge on any atom is -0.504 e. The topological polar surface area (TPSA) is 38.0 Å². The first-order valence-corrected chi connectivity index (χ1v) is 5.58. The molecule has 3 nitrogen and oxygen atoms in total. The van der Waals surface area contributed by atoms with Crippen molar-refractivity contribution in [1.29, 1.82) is 0 Å². The SMILES string of the molecule is CCC(C)c1nn(C(C)(C)C)c(C)c1O. The van der Waals surface area contributed by atoms with Gasteiger partial charge in [0.05, 0.1) is 11.2 Å². The van der Waals surface area contributed by atoms with Gasteiger partial charge in [-0.3, -0.25) is 4.68 Å². The molecule has 0 bridgehead atoms. The van der Waals surface area contributed by atoms with E-state index in [9.17, 15) is 5.11 Å². The fraction of sp³-hybridized carbons (Fsp3) is 0.750. The van der Waals surface area contributed by atoms with Crippen molar-refractivity contribution >= 4 is 0 Å². The summed E-state index contributed by atoms with van der Waals surface area (Å²) in [6.45, 7) is 12.4. The van der Waals surface area contributed by atoms with Gasteiger partial charge in [-0.2, -0.15) is 5.10 Å². The van der Waals surface area contributed by atoms with Crippen LogP contribution in [0.2, 0.25) is 0 Å². The molecule has 0 amide bonds. The highest BCUT2D eigenvalue weighted by atomic mass is 16.3. The summed E-state index contributed by atoms with van der Waals surface area (Å²) >= 11 is 0. The van der Waals surface area contributed by atoms with Gasteiger partial charge in [-0.1, -0.05) is 13.8 Å². The summed E-state index contributed by atoms with van der Waals surface area (Å²) in [7, 11) is 0. The highest BCUT2D eigenvalue weighted by Crippen LogP contribution is 2.32. The zero-order valence-corrected chi connectivity index (χ0v) is 10.6. The first-order chi connectivity index (χ1) is 6.79. The Morgan fingerprint density at radius 1 is 1.40 bits per heavy atom. The van der Waals surface area contributed by atoms with Crippen LogP contribution >= 0.6 is 0 Å². The summed E-state index contributed by atoms with van der Waals surface area (Å²) in [6, 6.07) is 0. The van der Waals surface area contributed by atoms with E-state index in [1.54, 1.807) is 0 Å². The molecule has 0 fully saturated rings. The smallest absolute Gasteiger partial charge is 0.160 e. The number of hydrogen-bond donors (Lipinski definition) is 1. The molecule has 0 aliphatic heterocycles. The van der Waals surface area contributed by atoms with Crippen molar-refractivity contribution in [1.82, 2.24) is 9.78 Å². The van der Waals surface area contributed by atoms with E-state index in [0.717, 1.165) is 17.8 Å². The Labute approximate surface area is 92.1 Å². The molecule has 0 aliphatic rings. The molecule has 86 valence electrons. The predicted molar refractivity (Wildman–Crippen MR) is 62.3 cm³/mol. The molecule has 0 radical (unpaired) electrons. The van der Waals surface area contributed by atoms with Crippen LogP contribution in [-0.4, -0.2) is 14.9 Å². The van der Waals surface area contributed by atoms with E-state index in [1.807, 2.05) is 11.6 Å². The Balaban J connectivity index is 3.24. The third kappa shape index (κ3) is 2.16. The maximum Gasteiger partial charge on any atom is 0.160 e. The van der Waals surface area contributed by atoms with E-state index in [4.69, 9.17) is 0 Å². The van der Waals surface area contributed by atoms with Crippen molar-refractivity contribution in [2.75, 3.05) is 0 Å². The van der Waals surface area contributed by atoms with Crippen LogP contribution in [0.5, 0.6) is 5.75 Å². The van der Waals surface area contributed by atoms with Crippen molar-refractivity contribution in [3.8, 4) is 5.75 Å². The molecule has 1 heterocycles. The standard InChI is InChI=1S/C12H22N2O/c1-7-8(2)10-11(15)9(3)14(13-10)12(4,5)6/h8,15H,7H2,1-6H3. The summed E-state index contributed by atoms with van der Waals surface area (Å²) < 4.78 is 1.91. The van der Waals surface area contributed by atoms with Crippen LogP contribution in [-0.2, 0) is 5.54 Å². The molecule has 0 saturated heterocycles. The number of aromatic nitrogens is 2.